The van der Waals surface area contributed by atoms with Crippen LogP contribution in [0.2, 0.25) is 0 Å². The van der Waals surface area contributed by atoms with Crippen LogP contribution < -0.4 is 30.7 Å². The third-order valence-electron chi connectivity index (χ3n) is 26.1. The normalized spacial score (nSPS) is 20.6. The first kappa shape index (κ1) is 84.3. The fraction of sp³-hybridized carbons (Fsp3) is 0.419. The van der Waals surface area contributed by atoms with Crippen molar-refractivity contribution < 1.29 is 70.7 Å². The highest BCUT2D eigenvalue weighted by atomic mass is 32.1. The van der Waals surface area contributed by atoms with E-state index in [0.29, 0.717) is 141 Å². The molecule has 0 spiro atoms. The molecule has 34 heteroatoms. The number of methoxy groups -OCH3 is 3. The number of amides is 6. The Bertz CT molecular complexity index is 6160. The van der Waals surface area contributed by atoms with Crippen molar-refractivity contribution >= 4 is 80.5 Å². The second kappa shape index (κ2) is 35.5. The van der Waals surface area contributed by atoms with Crippen molar-refractivity contribution in [2.24, 2.45) is 17.8 Å². The number of hydrogen-bond acceptors (Lipinski definition) is 20. The Morgan fingerprint density at radius 1 is 0.465 bits per heavy atom. The Hall–Kier alpha value is -12.2. The molecule has 6 fully saturated rings. The van der Waals surface area contributed by atoms with Crippen LogP contribution in [0.3, 0.4) is 0 Å². The van der Waals surface area contributed by atoms with E-state index in [0.717, 1.165) is 133 Å². The lowest BCUT2D eigenvalue weighted by atomic mass is 9.90. The van der Waals surface area contributed by atoms with Crippen LogP contribution in [0.1, 0.15) is 170 Å². The molecule has 0 saturated carbocycles. The number of aryl methyl sites for hydroxylation is 2. The fourth-order valence-corrected chi connectivity index (χ4v) is 21.5. The summed E-state index contributed by atoms with van der Waals surface area (Å²) in [6, 6.07) is 28.4. The molecule has 12 aromatic rings. The Kier molecular flexibility index (Phi) is 23.6. The molecule has 6 amide bonds. The molecule has 0 bridgehead atoms. The molecule has 9 atom stereocenters. The molecule has 6 saturated heterocycles. The number of imidazole rings is 4. The van der Waals surface area contributed by atoms with Crippen LogP contribution in [0, 0.1) is 43.2 Å². The molecule has 4 aromatic carbocycles. The number of rotatable bonds is 19. The number of alkyl carbamates (subject to hydrolysis) is 3. The minimum atomic E-state index is -0.771. The summed E-state index contributed by atoms with van der Waals surface area (Å²) in [6.45, 7) is 12.6. The average Bonchev–Trinajstić information content (AvgIpc) is 1.58. The highest BCUT2D eigenvalue weighted by Gasteiger charge is 2.45. The molecule has 662 valence electrons. The van der Waals surface area contributed by atoms with Gasteiger partial charge in [-0.2, -0.15) is 0 Å². The molecule has 8 aliphatic rings. The third-order valence-corrected chi connectivity index (χ3v) is 28.2. The number of carbonyl (C=O) groups is 6. The quantitative estimate of drug-likeness (QED) is 0.0349. The van der Waals surface area contributed by atoms with Crippen LogP contribution in [0.25, 0.3) is 89.4 Å². The predicted molar refractivity (Wildman–Crippen MR) is 472 cm³/mol. The van der Waals surface area contributed by atoms with Gasteiger partial charge in [0.15, 0.2) is 0 Å². The van der Waals surface area contributed by atoms with Gasteiger partial charge in [0.1, 0.15) is 64.6 Å². The van der Waals surface area contributed by atoms with Crippen molar-refractivity contribution in [2.45, 2.75) is 159 Å². The molecule has 2 unspecified atom stereocenters. The van der Waals surface area contributed by atoms with Gasteiger partial charge in [0.2, 0.25) is 30.2 Å². The maximum atomic E-state index is 16.9. The maximum Gasteiger partial charge on any atom is 0.407 e. The lowest BCUT2D eigenvalue weighted by Gasteiger charge is -2.34. The van der Waals surface area contributed by atoms with Crippen molar-refractivity contribution in [1.82, 2.24) is 85.0 Å². The number of fused-ring (bicyclic) bond motifs is 10. The van der Waals surface area contributed by atoms with Gasteiger partial charge >= 0.3 is 18.3 Å². The number of carbonyl (C=O) groups excluding carboxylic acids is 6. The molecule has 8 aromatic heterocycles. The first-order valence-corrected chi connectivity index (χ1v) is 45.3. The number of hydrogen-bond donors (Lipinski definition) is 8. The van der Waals surface area contributed by atoms with E-state index in [1.165, 1.54) is 27.4 Å². The number of aromatic nitrogens is 10. The number of nitrogens with one attached hydrogen (secondary N) is 8. The molecule has 30 nitrogen and oxygen atoms in total. The van der Waals surface area contributed by atoms with Gasteiger partial charge in [-0.25, -0.2) is 43.1 Å². The smallest absolute Gasteiger partial charge is 0.407 e. The molecule has 20 rings (SSSR count). The number of thiophene rings is 2. The topological polar surface area (TPSA) is 349 Å². The Balaban J connectivity index is 0.000000168. The summed E-state index contributed by atoms with van der Waals surface area (Å²) in [4.78, 5) is 121. The molecule has 8 aliphatic heterocycles. The molecule has 16 heterocycles. The Morgan fingerprint density at radius 2 is 0.866 bits per heavy atom. The minimum absolute atomic E-state index is 0.0476. The Morgan fingerprint density at radius 3 is 1.26 bits per heavy atom. The van der Waals surface area contributed by atoms with Crippen molar-refractivity contribution in [1.29, 1.82) is 0 Å². The summed E-state index contributed by atoms with van der Waals surface area (Å²) in [5.41, 5.74) is 9.80. The largest absolute Gasteiger partial charge is 0.464 e. The van der Waals surface area contributed by atoms with Gasteiger partial charge in [-0.1, -0.05) is 26.0 Å². The SMILES string of the molecule is COC(=O)N[C@H](C(=O)N1CCC[C@H]1c1ncc(-c2cc(F)c3c(c2)OC(c2ccc(C)s2)n2c-3cc3cc(-c4cnc([C@@H]5CCCN5C(=O)[C@@H](NC(=O)OC)C5CCOCC5)[nH]4)ccc32)[nH]1)C(C)C.COC(=O)N[C@H](C(=O)N1CCC[C@H]1c1ncc(-c2ccc3c(c2)cc2n3C(c3ccc(C)s3)Oc3cc(-c4cnc([C@@H]5CCCN5)[nH]4)cc(F)c3-2)[nH]1)C1CCOCC1. The number of likely N-dealkylation sites (tertiary alicyclic amines) is 3. The van der Waals surface area contributed by atoms with E-state index in [-0.39, 0.29) is 65.5 Å². The van der Waals surface area contributed by atoms with Gasteiger partial charge in [0.25, 0.3) is 0 Å². The maximum absolute atomic E-state index is 16.9. The standard InChI is InChI=1S/C50H56FN9O8S.C43H45FN8O5S/c1-26(2)42(56-49(63)65-4)46(61)58-16-6-8-36(58)45-53-25-34(55-45)30-21-32(51)41-38-22-31-20-29(11-12-35(31)60(38)48(68-39(41)23-30)40-13-10-27(3)69-40)33-24-52-44(54-33)37-9-7-17-59(37)47(62)43(57-50(64)66-5)28-14-18-67-19-15-28;1-23-7-10-36(58-23)42-52-32-9-8-25(30-21-47-40(49-30)33-6-4-14-51(33)41(53)38(50-43(54)55-2)24-11-15-56-16-12-24)17-27(32)19-34(52)37-28(44)18-26(20-35(37)57-42)31-22-46-39(48-31)29-5-3-13-45-29/h10-13,20-26,28,36-37,42-43,48H,6-9,14-19H2,1-5H3,(H,52,54)(H,53,55)(H,56,63)(H,57,64);7-10,17-22,24,29,33,38,42,45H,3-6,11-16H2,1-2H3,(H,46,48)(H,47,49)(H,50,54)/t36-,37-,42-,43-,48?;29-,33-,38-,42?/m00/s1. The number of aromatic amines is 4. The average molecular weight is 1770 g/mol. The molecule has 0 aliphatic carbocycles. The van der Waals surface area contributed by atoms with Gasteiger partial charge in [0, 0.05) is 88.8 Å². The van der Waals surface area contributed by atoms with Gasteiger partial charge in [-0.05, 0) is 200 Å². The van der Waals surface area contributed by atoms with Crippen molar-refractivity contribution in [3.8, 4) is 79.0 Å². The van der Waals surface area contributed by atoms with Crippen LogP contribution in [0.5, 0.6) is 11.5 Å². The monoisotopic (exact) mass is 1770 g/mol. The first-order chi connectivity index (χ1) is 61.7. The molecule has 8 N–H and O–H groups in total. The molecule has 0 radical (unpaired) electrons. The number of nitrogens with zero attached hydrogens (tertiary/aromatic N) is 9. The summed E-state index contributed by atoms with van der Waals surface area (Å²) in [5.74, 6) is 2.01. The van der Waals surface area contributed by atoms with E-state index < -0.39 is 54.7 Å². The van der Waals surface area contributed by atoms with Gasteiger partial charge in [-0.15, -0.1) is 22.7 Å². The number of benzene rings is 4. The lowest BCUT2D eigenvalue weighted by Crippen LogP contribution is -2.53. The van der Waals surface area contributed by atoms with Crippen LogP contribution in [-0.2, 0) is 38.1 Å². The van der Waals surface area contributed by atoms with Crippen molar-refractivity contribution in [3.63, 3.8) is 0 Å². The van der Waals surface area contributed by atoms with Gasteiger partial charge < -0.3 is 89.1 Å². The summed E-state index contributed by atoms with van der Waals surface area (Å²) in [5, 5.41) is 13.6. The molecular formula is C93H101F2N17O13S2. The third kappa shape index (κ3) is 16.4. The van der Waals surface area contributed by atoms with E-state index in [9.17, 15) is 28.8 Å². The van der Waals surface area contributed by atoms with E-state index in [2.05, 4.69) is 81.9 Å². The van der Waals surface area contributed by atoms with E-state index >= 15 is 8.78 Å². The van der Waals surface area contributed by atoms with Crippen LogP contribution in [0.15, 0.2) is 122 Å². The van der Waals surface area contributed by atoms with Crippen LogP contribution >= 0.6 is 22.7 Å². The zero-order chi connectivity index (χ0) is 87.6. The molecular weight excluding hydrogens is 1670 g/mol. The second-order valence-electron chi connectivity index (χ2n) is 34.3. The molecule has 127 heavy (non-hydrogen) atoms. The summed E-state index contributed by atoms with van der Waals surface area (Å²) in [7, 11) is 3.87. The van der Waals surface area contributed by atoms with Gasteiger partial charge in [-0.3, -0.25) is 23.5 Å². The van der Waals surface area contributed by atoms with Crippen LogP contribution in [-0.4, -0.2) is 192 Å². The zero-order valence-electron chi connectivity index (χ0n) is 71.5. The highest BCUT2D eigenvalue weighted by molar-refractivity contribution is 7.12. The first-order valence-electron chi connectivity index (χ1n) is 43.7. The summed E-state index contributed by atoms with van der Waals surface area (Å²) in [6.07, 6.45) is 13.3. The van der Waals surface area contributed by atoms with E-state index in [4.69, 9.17) is 48.1 Å². The minimum Gasteiger partial charge on any atom is -0.464 e. The fourth-order valence-electron chi connectivity index (χ4n) is 19.7. The van der Waals surface area contributed by atoms with E-state index in [1.54, 1.807) is 58.4 Å². The zero-order valence-corrected chi connectivity index (χ0v) is 73.2. The highest BCUT2D eigenvalue weighted by Crippen LogP contribution is 2.52. The Labute approximate surface area is 738 Å². The van der Waals surface area contributed by atoms with Crippen molar-refractivity contribution in [3.05, 3.63) is 176 Å². The number of H-pyrrole nitrogens is 4. The second-order valence-corrected chi connectivity index (χ2v) is 36.9. The predicted octanol–water partition coefficient (Wildman–Crippen LogP) is 16.2. The van der Waals surface area contributed by atoms with Crippen molar-refractivity contribution in [2.75, 3.05) is 73.9 Å². The summed E-state index contributed by atoms with van der Waals surface area (Å²) >= 11 is 3.28. The summed E-state index contributed by atoms with van der Waals surface area (Å²) < 4.78 is 76.7. The van der Waals surface area contributed by atoms with Crippen LogP contribution in [0.4, 0.5) is 23.2 Å². The number of ether oxygens (including phenoxy) is 7. The number of halogens is 2. The van der Waals surface area contributed by atoms with E-state index in [1.807, 2.05) is 95.8 Å². The van der Waals surface area contributed by atoms with Gasteiger partial charge in [0.05, 0.1) is 136 Å². The lowest BCUT2D eigenvalue weighted by molar-refractivity contribution is -0.137.